The lowest BCUT2D eigenvalue weighted by Gasteiger charge is -2.48. The summed E-state index contributed by atoms with van der Waals surface area (Å²) in [4.78, 5) is 42.9. The van der Waals surface area contributed by atoms with E-state index in [1.54, 1.807) is 0 Å². The molecule has 63 heavy (non-hydrogen) atoms. The van der Waals surface area contributed by atoms with Crippen molar-refractivity contribution in [2.75, 3.05) is 19.6 Å². The molecule has 0 spiro atoms. The van der Waals surface area contributed by atoms with Gasteiger partial charge in [0.25, 0.3) is 0 Å². The Hall–Kier alpha value is -4.13. The smallest absolute Gasteiger partial charge is 0.139 e. The summed E-state index contributed by atoms with van der Waals surface area (Å²) in [5.74, 6) is -0.231. The van der Waals surface area contributed by atoms with Crippen LogP contribution >= 0.6 is 0 Å². The predicted octanol–water partition coefficient (Wildman–Crippen LogP) is 12.4. The Morgan fingerprint density at radius 1 is 0.333 bits per heavy atom. The van der Waals surface area contributed by atoms with E-state index in [2.05, 4.69) is 228 Å². The van der Waals surface area contributed by atoms with E-state index in [0.29, 0.717) is 0 Å². The molecule has 0 amide bonds. The maximum absolute atomic E-state index is 17.0. The normalized spacial score (nSPS) is 20.7. The third-order valence-corrected chi connectivity index (χ3v) is 23.7. The highest BCUT2D eigenvalue weighted by Gasteiger charge is 2.70. The zero-order chi connectivity index (χ0) is 46.0. The molecular weight excluding hydrogens is 809 g/mol. The quantitative estimate of drug-likeness (QED) is 0.0923. The first kappa shape index (κ1) is 46.9. The van der Waals surface area contributed by atoms with Gasteiger partial charge in [-0.1, -0.05) is 184 Å². The molecule has 3 heterocycles. The largest absolute Gasteiger partial charge is 0.837 e. The summed E-state index contributed by atoms with van der Waals surface area (Å²) >= 11 is 0. The Bertz CT molecular complexity index is 1950. The van der Waals surface area contributed by atoms with Gasteiger partial charge < -0.3 is 33.3 Å². The van der Waals surface area contributed by atoms with Gasteiger partial charge in [-0.25, -0.2) is 0 Å². The van der Waals surface area contributed by atoms with Gasteiger partial charge in [-0.15, -0.1) is 0 Å². The molecule has 3 aliphatic heterocycles. The van der Waals surface area contributed by atoms with Crippen LogP contribution in [0.1, 0.15) is 203 Å². The second-order valence-corrected chi connectivity index (χ2v) is 29.5. The van der Waals surface area contributed by atoms with Crippen molar-refractivity contribution in [3.63, 3.8) is 0 Å². The van der Waals surface area contributed by atoms with Gasteiger partial charge in [-0.3, -0.25) is 0 Å². The summed E-state index contributed by atoms with van der Waals surface area (Å²) in [7, 11) is -9.09. The molecule has 0 aliphatic carbocycles. The summed E-state index contributed by atoms with van der Waals surface area (Å²) in [5.41, 5.74) is 13.5. The summed E-state index contributed by atoms with van der Waals surface area (Å²) in [6.07, 6.45) is 8.39. The second-order valence-electron chi connectivity index (χ2n) is 20.8. The van der Waals surface area contributed by atoms with E-state index < -0.39 is 27.7 Å². The molecule has 0 radical (unpaired) electrons. The van der Waals surface area contributed by atoms with Crippen LogP contribution in [0.2, 0.25) is 0 Å². The molecule has 0 aromatic heterocycles. The van der Waals surface area contributed by atoms with Crippen LogP contribution in [0.25, 0.3) is 0 Å². The lowest BCUT2D eigenvalue weighted by molar-refractivity contribution is -0.222. The third-order valence-electron chi connectivity index (χ3n) is 13.7. The summed E-state index contributed by atoms with van der Waals surface area (Å²) in [6, 6.07) is 26.2. The van der Waals surface area contributed by atoms with E-state index in [9.17, 15) is 0 Å². The molecule has 1 fully saturated rings. The van der Waals surface area contributed by atoms with E-state index in [0.717, 1.165) is 22.7 Å². The van der Waals surface area contributed by atoms with Gasteiger partial charge >= 0.3 is 0 Å². The van der Waals surface area contributed by atoms with Gasteiger partial charge in [0.05, 0.1) is 0 Å². The Balaban J connectivity index is 1.53. The topological polar surface area (TPSA) is 71.6 Å². The highest BCUT2D eigenvalue weighted by molar-refractivity contribution is 7.44. The summed E-state index contributed by atoms with van der Waals surface area (Å²) < 4.78 is 6.99. The van der Waals surface area contributed by atoms with Crippen LogP contribution in [0.3, 0.4) is 0 Å². The van der Waals surface area contributed by atoms with E-state index >= 15 is 9.59 Å². The molecule has 7 rings (SSSR count). The minimum Gasteiger partial charge on any atom is -0.837 e. The van der Waals surface area contributed by atoms with Crippen LogP contribution in [0.15, 0.2) is 97.6 Å². The molecule has 7 nitrogen and oxygen atoms in total. The predicted molar refractivity (Wildman–Crippen MR) is 267 cm³/mol. The van der Waals surface area contributed by atoms with Crippen molar-refractivity contribution >= 4 is 38.9 Å². The van der Waals surface area contributed by atoms with Crippen LogP contribution in [-0.2, 0) is 4.12 Å². The lowest BCUT2D eigenvalue weighted by atomic mass is 9.91. The van der Waals surface area contributed by atoms with Crippen molar-refractivity contribution in [1.29, 1.82) is 0 Å². The van der Waals surface area contributed by atoms with E-state index in [1.165, 1.54) is 44.5 Å². The minimum absolute atomic E-state index is 0.184. The molecule has 2 atom stereocenters. The molecule has 1 saturated heterocycles. The summed E-state index contributed by atoms with van der Waals surface area (Å²) in [6.45, 7) is 35.6. The Labute approximate surface area is 382 Å². The molecule has 4 aromatic carbocycles. The SMILES string of the molecule is CC(C)c1cccc(C(C)C)c1N1C=CN(c2c(C(C)C)cccc2C(C)C)C1[Si]1([O-])O[Si]1([O-])C1N(c2c(C(C)C)cccc2C(C)C)C=CN1c1c(C(C)C)cccc1C(C)C. The Kier molecular flexibility index (Phi) is 13.2. The van der Waals surface area contributed by atoms with E-state index in [1.807, 2.05) is 0 Å². The second kappa shape index (κ2) is 17.7. The fraction of sp³-hybridized carbons (Fsp3) is 0.481. The molecule has 9 heteroatoms. The van der Waals surface area contributed by atoms with Crippen molar-refractivity contribution < 1.29 is 13.7 Å². The van der Waals surface area contributed by atoms with Crippen LogP contribution in [0.4, 0.5) is 22.7 Å². The summed E-state index contributed by atoms with van der Waals surface area (Å²) in [5, 5.41) is 0. The number of benzene rings is 4. The van der Waals surface area contributed by atoms with Gasteiger partial charge in [0.2, 0.25) is 0 Å². The average molecular weight is 883 g/mol. The Morgan fingerprint density at radius 3 is 0.635 bits per heavy atom. The monoisotopic (exact) mass is 883 g/mol. The molecular formula is C54H74N4O3Si2-2. The first-order chi connectivity index (χ1) is 29.7. The van der Waals surface area contributed by atoms with Gasteiger partial charge in [-0.2, -0.15) is 0 Å². The zero-order valence-corrected chi connectivity index (χ0v) is 43.0. The van der Waals surface area contributed by atoms with Crippen LogP contribution in [0, 0.1) is 0 Å². The number of hydrogen-bond acceptors (Lipinski definition) is 7. The third kappa shape index (κ3) is 7.94. The molecule has 0 N–H and O–H groups in total. The first-order valence-electron chi connectivity index (χ1n) is 23.8. The molecule has 338 valence electrons. The van der Waals surface area contributed by atoms with E-state index in [-0.39, 0.29) is 47.3 Å². The number of rotatable bonds is 14. The van der Waals surface area contributed by atoms with Crippen molar-refractivity contribution in [2.24, 2.45) is 0 Å². The molecule has 3 aliphatic rings. The highest BCUT2D eigenvalue weighted by atomic mass is 29.4. The zero-order valence-electron chi connectivity index (χ0n) is 41.0. The number of anilines is 4. The minimum atomic E-state index is -4.54. The van der Waals surface area contributed by atoms with Crippen molar-refractivity contribution in [1.82, 2.24) is 0 Å². The van der Waals surface area contributed by atoms with Crippen LogP contribution in [-0.4, -0.2) is 27.7 Å². The highest BCUT2D eigenvalue weighted by Crippen LogP contribution is 2.53. The van der Waals surface area contributed by atoms with Crippen LogP contribution < -0.4 is 29.2 Å². The van der Waals surface area contributed by atoms with Crippen molar-refractivity contribution in [2.45, 2.75) is 170 Å². The van der Waals surface area contributed by atoms with Crippen molar-refractivity contribution in [3.05, 3.63) is 142 Å². The fourth-order valence-corrected chi connectivity index (χ4v) is 21.4. The van der Waals surface area contributed by atoms with Crippen molar-refractivity contribution in [3.8, 4) is 0 Å². The van der Waals surface area contributed by atoms with Crippen LogP contribution in [0.5, 0.6) is 0 Å². The standard InChI is InChI=1S/C54H74N4O3Si2/c1-33(2)41-21-17-22-42(34(3)4)49(41)55-29-30-56(50-43(35(5)6)23-18-24-44(50)36(7)8)53(55)62(59)61-63(62,60)54-57(51-45(37(9)10)25-19-26-46(51)38(11)12)31-32-58(54)52-47(39(13)14)27-20-28-48(52)40(15)16/h17-40,53-54H,1-16H3/q-2. The maximum Gasteiger partial charge on any atom is 0.139 e. The molecule has 0 bridgehead atoms. The van der Waals surface area contributed by atoms with E-state index in [4.69, 9.17) is 4.12 Å². The number of para-hydroxylation sites is 4. The van der Waals surface area contributed by atoms with Gasteiger partial charge in [0, 0.05) is 47.5 Å². The van der Waals surface area contributed by atoms with Gasteiger partial charge in [-0.05, 0) is 91.9 Å². The van der Waals surface area contributed by atoms with Gasteiger partial charge in [0.1, 0.15) is 27.7 Å². The number of hydrogen-bond donors (Lipinski definition) is 0. The maximum atomic E-state index is 17.0. The number of nitrogens with zero attached hydrogens (tertiary/aromatic N) is 4. The Morgan fingerprint density at radius 2 is 0.492 bits per heavy atom. The fourth-order valence-electron chi connectivity index (χ4n) is 10.3. The molecule has 0 saturated carbocycles. The molecule has 4 aromatic rings. The average Bonchev–Trinajstić information content (AvgIpc) is 3.56. The molecule has 2 unspecified atom stereocenters. The lowest BCUT2D eigenvalue weighted by Crippen LogP contribution is -2.76. The van der Waals surface area contributed by atoms with Gasteiger partial charge in [0.15, 0.2) is 0 Å². The first-order valence-corrected chi connectivity index (χ1v) is 28.6.